The molecule has 162 valence electrons. The zero-order valence-corrected chi connectivity index (χ0v) is 18.8. The summed E-state index contributed by atoms with van der Waals surface area (Å²) >= 11 is 0. The number of nitrogens with zero attached hydrogens (tertiary/aromatic N) is 4. The predicted octanol–water partition coefficient (Wildman–Crippen LogP) is 3.92. The van der Waals surface area contributed by atoms with Crippen molar-refractivity contribution >= 4 is 15.8 Å². The van der Waals surface area contributed by atoms with Crippen LogP contribution in [0.3, 0.4) is 0 Å². The highest BCUT2D eigenvalue weighted by Crippen LogP contribution is 2.24. The Morgan fingerprint density at radius 1 is 0.903 bits per heavy atom. The van der Waals surface area contributed by atoms with Crippen molar-refractivity contribution in [3.05, 3.63) is 72.1 Å². The molecule has 2 aromatic carbocycles. The molecule has 0 unspecified atom stereocenters. The zero-order valence-electron chi connectivity index (χ0n) is 18.0. The zero-order chi connectivity index (χ0) is 21.8. The number of hydrogen-bond acceptors (Lipinski definition) is 5. The first-order valence-electron chi connectivity index (χ1n) is 10.7. The second-order valence-corrected chi connectivity index (χ2v) is 9.85. The van der Waals surface area contributed by atoms with Gasteiger partial charge in [0.2, 0.25) is 10.0 Å². The normalized spacial score (nSPS) is 15.2. The van der Waals surface area contributed by atoms with Gasteiger partial charge in [-0.15, -0.1) is 0 Å². The van der Waals surface area contributed by atoms with Crippen LogP contribution in [0.4, 0.5) is 5.82 Å². The largest absolute Gasteiger partial charge is 0.354 e. The Morgan fingerprint density at radius 2 is 1.58 bits per heavy atom. The van der Waals surface area contributed by atoms with Crippen LogP contribution in [-0.2, 0) is 16.4 Å². The predicted molar refractivity (Wildman–Crippen MR) is 124 cm³/mol. The van der Waals surface area contributed by atoms with Gasteiger partial charge in [0.05, 0.1) is 10.6 Å². The molecule has 0 radical (unpaired) electrons. The smallest absolute Gasteiger partial charge is 0.243 e. The second kappa shape index (κ2) is 9.16. The lowest BCUT2D eigenvalue weighted by Gasteiger charge is -2.34. The summed E-state index contributed by atoms with van der Waals surface area (Å²) in [5.74, 6) is 0.826. The van der Waals surface area contributed by atoms with E-state index in [4.69, 9.17) is 0 Å². The van der Waals surface area contributed by atoms with Crippen LogP contribution in [0, 0.1) is 6.92 Å². The van der Waals surface area contributed by atoms with Gasteiger partial charge in [-0.1, -0.05) is 55.3 Å². The van der Waals surface area contributed by atoms with Crippen molar-refractivity contribution < 1.29 is 8.42 Å². The summed E-state index contributed by atoms with van der Waals surface area (Å²) in [6.45, 7) is 6.23. The minimum Gasteiger partial charge on any atom is -0.354 e. The average molecular weight is 437 g/mol. The fourth-order valence-corrected chi connectivity index (χ4v) is 5.25. The van der Waals surface area contributed by atoms with Gasteiger partial charge in [0, 0.05) is 37.8 Å². The molecule has 2 heterocycles. The number of sulfonamides is 1. The van der Waals surface area contributed by atoms with Crippen molar-refractivity contribution in [1.82, 2.24) is 14.3 Å². The number of rotatable bonds is 6. The summed E-state index contributed by atoms with van der Waals surface area (Å²) in [5.41, 5.74) is 4.28. The summed E-state index contributed by atoms with van der Waals surface area (Å²) in [4.78, 5) is 11.3. The van der Waals surface area contributed by atoms with E-state index >= 15 is 0 Å². The van der Waals surface area contributed by atoms with Crippen LogP contribution < -0.4 is 4.90 Å². The number of benzene rings is 2. The Labute approximate surface area is 184 Å². The average Bonchev–Trinajstić information content (AvgIpc) is 2.80. The van der Waals surface area contributed by atoms with Gasteiger partial charge in [0.1, 0.15) is 12.1 Å². The molecule has 1 fully saturated rings. The first kappa shape index (κ1) is 21.5. The molecule has 7 heteroatoms. The Bertz CT molecular complexity index is 1120. The van der Waals surface area contributed by atoms with Crippen molar-refractivity contribution in [3.63, 3.8) is 0 Å². The molecule has 0 bridgehead atoms. The maximum atomic E-state index is 13.0. The lowest BCUT2D eigenvalue weighted by Crippen LogP contribution is -2.48. The highest BCUT2D eigenvalue weighted by Gasteiger charge is 2.29. The molecule has 1 saturated heterocycles. The molecule has 0 saturated carbocycles. The van der Waals surface area contributed by atoms with Crippen molar-refractivity contribution in [2.45, 2.75) is 31.6 Å². The third-order valence-corrected chi connectivity index (χ3v) is 7.58. The molecule has 0 amide bonds. The first-order valence-corrected chi connectivity index (χ1v) is 12.1. The second-order valence-electron chi connectivity index (χ2n) is 7.91. The molecular formula is C24H28N4O2S. The van der Waals surface area contributed by atoms with Crippen molar-refractivity contribution in [1.29, 1.82) is 0 Å². The Kier molecular flexibility index (Phi) is 6.34. The topological polar surface area (TPSA) is 66.4 Å². The lowest BCUT2D eigenvalue weighted by molar-refractivity contribution is 0.384. The van der Waals surface area contributed by atoms with Crippen LogP contribution in [0.25, 0.3) is 11.3 Å². The molecular weight excluding hydrogens is 408 g/mol. The quantitative estimate of drug-likeness (QED) is 0.586. The highest BCUT2D eigenvalue weighted by molar-refractivity contribution is 7.89. The van der Waals surface area contributed by atoms with Crippen LogP contribution >= 0.6 is 0 Å². The van der Waals surface area contributed by atoms with E-state index < -0.39 is 10.0 Å². The maximum Gasteiger partial charge on any atom is 0.243 e. The van der Waals surface area contributed by atoms with Crippen LogP contribution in [0.5, 0.6) is 0 Å². The number of aromatic nitrogens is 2. The van der Waals surface area contributed by atoms with Crippen LogP contribution in [-0.4, -0.2) is 48.9 Å². The number of hydrogen-bond donors (Lipinski definition) is 0. The molecule has 0 aliphatic carbocycles. The summed E-state index contributed by atoms with van der Waals surface area (Å²) in [6.07, 6.45) is 3.58. The molecule has 1 aliphatic heterocycles. The summed E-state index contributed by atoms with van der Waals surface area (Å²) < 4.78 is 27.7. The Hall–Kier alpha value is -2.77. The molecule has 6 nitrogen and oxygen atoms in total. The molecule has 0 spiro atoms. The Morgan fingerprint density at radius 3 is 2.23 bits per heavy atom. The molecule has 3 aromatic rings. The van der Waals surface area contributed by atoms with E-state index in [1.165, 1.54) is 11.1 Å². The van der Waals surface area contributed by atoms with Crippen molar-refractivity contribution in [3.8, 4) is 11.3 Å². The standard InChI is InChI=1S/C24H28N4O2S/c1-3-4-20-7-11-22(12-8-20)31(29,30)28-15-13-27(14-16-28)24-17-23(25-18-26-24)21-9-5-19(2)6-10-21/h5-12,17-18H,3-4,13-16H2,1-2H3. The number of anilines is 1. The van der Waals surface area contributed by atoms with Gasteiger partial charge >= 0.3 is 0 Å². The van der Waals surface area contributed by atoms with E-state index in [2.05, 4.69) is 53.0 Å². The summed E-state index contributed by atoms with van der Waals surface area (Å²) in [7, 11) is -3.48. The molecule has 4 rings (SSSR count). The van der Waals surface area contributed by atoms with Gasteiger partial charge in [-0.3, -0.25) is 0 Å². The first-order chi connectivity index (χ1) is 15.0. The van der Waals surface area contributed by atoms with Gasteiger partial charge < -0.3 is 4.90 Å². The third kappa shape index (κ3) is 4.78. The molecule has 31 heavy (non-hydrogen) atoms. The number of piperazine rings is 1. The van der Waals surface area contributed by atoms with E-state index in [1.807, 2.05) is 18.2 Å². The minimum absolute atomic E-state index is 0.365. The van der Waals surface area contributed by atoms with Crippen LogP contribution in [0.15, 0.2) is 65.8 Å². The van der Waals surface area contributed by atoms with Gasteiger partial charge in [-0.05, 0) is 31.0 Å². The van der Waals surface area contributed by atoms with Crippen LogP contribution in [0.2, 0.25) is 0 Å². The highest BCUT2D eigenvalue weighted by atomic mass is 32.2. The molecule has 0 N–H and O–H groups in total. The third-order valence-electron chi connectivity index (χ3n) is 5.66. The molecule has 1 aliphatic rings. The minimum atomic E-state index is -3.48. The van der Waals surface area contributed by atoms with Gasteiger partial charge in [0.15, 0.2) is 0 Å². The molecule has 1 aromatic heterocycles. The van der Waals surface area contributed by atoms with Crippen molar-refractivity contribution in [2.24, 2.45) is 0 Å². The summed E-state index contributed by atoms with van der Waals surface area (Å²) in [6, 6.07) is 17.5. The molecule has 0 atom stereocenters. The van der Waals surface area contributed by atoms with E-state index in [0.29, 0.717) is 31.1 Å². The van der Waals surface area contributed by atoms with Crippen LogP contribution in [0.1, 0.15) is 24.5 Å². The fraction of sp³-hybridized carbons (Fsp3) is 0.333. The number of aryl methyl sites for hydroxylation is 2. The van der Waals surface area contributed by atoms with Gasteiger partial charge in [-0.2, -0.15) is 4.31 Å². The van der Waals surface area contributed by atoms with E-state index in [0.717, 1.165) is 29.9 Å². The SMILES string of the molecule is CCCc1ccc(S(=O)(=O)N2CCN(c3cc(-c4ccc(C)cc4)ncn3)CC2)cc1. The fourth-order valence-electron chi connectivity index (χ4n) is 3.83. The lowest BCUT2D eigenvalue weighted by atomic mass is 10.1. The van der Waals surface area contributed by atoms with Gasteiger partial charge in [0.25, 0.3) is 0 Å². The Balaban J connectivity index is 1.45. The van der Waals surface area contributed by atoms with E-state index in [1.54, 1.807) is 22.8 Å². The summed E-state index contributed by atoms with van der Waals surface area (Å²) in [5, 5.41) is 0. The van der Waals surface area contributed by atoms with Crippen molar-refractivity contribution in [2.75, 3.05) is 31.1 Å². The van der Waals surface area contributed by atoms with E-state index in [9.17, 15) is 8.42 Å². The maximum absolute atomic E-state index is 13.0. The van der Waals surface area contributed by atoms with Gasteiger partial charge in [-0.25, -0.2) is 18.4 Å². The monoisotopic (exact) mass is 436 g/mol. The van der Waals surface area contributed by atoms with E-state index in [-0.39, 0.29) is 0 Å².